The first-order valence-corrected chi connectivity index (χ1v) is 7.23. The van der Waals surface area contributed by atoms with E-state index in [1.807, 2.05) is 0 Å². The second-order valence-electron chi connectivity index (χ2n) is 4.42. The molecule has 6 nitrogen and oxygen atoms in total. The van der Waals surface area contributed by atoms with Crippen molar-refractivity contribution in [3.05, 3.63) is 74.3 Å². The normalized spacial score (nSPS) is 10.7. The van der Waals surface area contributed by atoms with E-state index in [0.717, 1.165) is 0 Å². The first-order valence-electron chi connectivity index (χ1n) is 6.44. The van der Waals surface area contributed by atoms with Crippen molar-refractivity contribution < 1.29 is 9.72 Å². The van der Waals surface area contributed by atoms with Gasteiger partial charge in [0, 0.05) is 10.5 Å². The van der Waals surface area contributed by atoms with Crippen molar-refractivity contribution in [3.63, 3.8) is 0 Å². The number of nitro groups is 1. The molecule has 0 saturated heterocycles. The Labute approximate surface area is 140 Å². The van der Waals surface area contributed by atoms with Crippen LogP contribution in [0.25, 0.3) is 6.08 Å². The minimum absolute atomic E-state index is 0.172. The number of hydrogen-bond acceptors (Lipinski definition) is 4. The Bertz CT molecular complexity index is 840. The summed E-state index contributed by atoms with van der Waals surface area (Å²) in [5, 5.41) is 22.7. The van der Waals surface area contributed by atoms with Gasteiger partial charge in [0.15, 0.2) is 0 Å². The summed E-state index contributed by atoms with van der Waals surface area (Å²) in [4.78, 5) is 22.6. The van der Waals surface area contributed by atoms with Gasteiger partial charge in [0.2, 0.25) is 0 Å². The third kappa shape index (κ3) is 4.02. The third-order valence-electron chi connectivity index (χ3n) is 2.92. The number of amides is 1. The predicted octanol–water partition coefficient (Wildman–Crippen LogP) is 3.90. The number of benzene rings is 2. The quantitative estimate of drug-likeness (QED) is 0.381. The summed E-state index contributed by atoms with van der Waals surface area (Å²) in [6.45, 7) is 0. The zero-order valence-corrected chi connectivity index (χ0v) is 13.3. The highest BCUT2D eigenvalue weighted by molar-refractivity contribution is 9.10. The standard InChI is InChI=1S/C16H10BrN3O3/c17-13-6-2-3-7-14(13)19-16(21)12(10-18)9-11-5-1-4-8-15(11)20(22)23/h1-9H,(H,19,21). The predicted molar refractivity (Wildman–Crippen MR) is 89.5 cm³/mol. The average Bonchev–Trinajstić information content (AvgIpc) is 2.54. The Kier molecular flexibility index (Phi) is 5.23. The molecule has 0 atom stereocenters. The number of rotatable bonds is 4. The molecular weight excluding hydrogens is 362 g/mol. The van der Waals surface area contributed by atoms with E-state index < -0.39 is 10.8 Å². The van der Waals surface area contributed by atoms with Crippen LogP contribution in [0.1, 0.15) is 5.56 Å². The fraction of sp³-hybridized carbons (Fsp3) is 0. The van der Waals surface area contributed by atoms with Gasteiger partial charge in [0.1, 0.15) is 11.6 Å². The first-order chi connectivity index (χ1) is 11.0. The molecule has 0 fully saturated rings. The summed E-state index contributed by atoms with van der Waals surface area (Å²) in [6, 6.07) is 14.6. The van der Waals surface area contributed by atoms with Crippen molar-refractivity contribution in [2.24, 2.45) is 0 Å². The number of hydrogen-bond donors (Lipinski definition) is 1. The van der Waals surface area contributed by atoms with Crippen LogP contribution >= 0.6 is 15.9 Å². The molecule has 0 radical (unpaired) electrons. The van der Waals surface area contributed by atoms with E-state index in [0.29, 0.717) is 10.2 Å². The van der Waals surface area contributed by atoms with E-state index in [1.54, 1.807) is 36.4 Å². The molecule has 2 aromatic carbocycles. The Morgan fingerprint density at radius 1 is 1.22 bits per heavy atom. The van der Waals surface area contributed by atoms with Crippen LogP contribution in [0.5, 0.6) is 0 Å². The van der Waals surface area contributed by atoms with Crippen molar-refractivity contribution >= 4 is 39.3 Å². The van der Waals surface area contributed by atoms with Crippen LogP contribution in [-0.4, -0.2) is 10.8 Å². The van der Waals surface area contributed by atoms with Crippen molar-refractivity contribution in [3.8, 4) is 6.07 Å². The lowest BCUT2D eigenvalue weighted by molar-refractivity contribution is -0.385. The molecule has 1 N–H and O–H groups in total. The average molecular weight is 372 g/mol. The number of nitrogens with zero attached hydrogens (tertiary/aromatic N) is 2. The first kappa shape index (κ1) is 16.4. The van der Waals surface area contributed by atoms with Gasteiger partial charge in [-0.15, -0.1) is 0 Å². The van der Waals surface area contributed by atoms with Crippen molar-refractivity contribution in [1.82, 2.24) is 0 Å². The Hall–Kier alpha value is -2.98. The maximum Gasteiger partial charge on any atom is 0.276 e. The molecule has 0 heterocycles. The molecule has 0 bridgehead atoms. The molecule has 0 saturated carbocycles. The minimum atomic E-state index is -0.641. The van der Waals surface area contributed by atoms with Crippen LogP contribution in [0.4, 0.5) is 11.4 Å². The number of anilines is 1. The van der Waals surface area contributed by atoms with Crippen LogP contribution in [0.3, 0.4) is 0 Å². The molecule has 114 valence electrons. The van der Waals surface area contributed by atoms with Gasteiger partial charge in [-0.25, -0.2) is 0 Å². The van der Waals surface area contributed by atoms with Gasteiger partial charge in [-0.1, -0.05) is 24.3 Å². The SMILES string of the molecule is N#CC(=Cc1ccccc1[N+](=O)[O-])C(=O)Nc1ccccc1Br. The lowest BCUT2D eigenvalue weighted by atomic mass is 10.1. The minimum Gasteiger partial charge on any atom is -0.320 e. The molecule has 2 rings (SSSR count). The highest BCUT2D eigenvalue weighted by Gasteiger charge is 2.15. The highest BCUT2D eigenvalue weighted by Crippen LogP contribution is 2.23. The third-order valence-corrected chi connectivity index (χ3v) is 3.61. The topological polar surface area (TPSA) is 96.0 Å². The lowest BCUT2D eigenvalue weighted by Gasteiger charge is -2.06. The number of para-hydroxylation sites is 2. The van der Waals surface area contributed by atoms with Crippen LogP contribution in [-0.2, 0) is 4.79 Å². The maximum absolute atomic E-state index is 12.2. The van der Waals surface area contributed by atoms with Crippen LogP contribution in [0, 0.1) is 21.4 Å². The van der Waals surface area contributed by atoms with Gasteiger partial charge in [-0.3, -0.25) is 14.9 Å². The lowest BCUT2D eigenvalue weighted by Crippen LogP contribution is -2.13. The zero-order valence-electron chi connectivity index (χ0n) is 11.7. The summed E-state index contributed by atoms with van der Waals surface area (Å²) in [7, 11) is 0. The number of carbonyl (C=O) groups is 1. The zero-order chi connectivity index (χ0) is 16.8. The summed E-state index contributed by atoms with van der Waals surface area (Å²) in [5.41, 5.74) is 0.293. The number of carbonyl (C=O) groups excluding carboxylic acids is 1. The molecular formula is C16H10BrN3O3. The monoisotopic (exact) mass is 371 g/mol. The van der Waals surface area contributed by atoms with Crippen LogP contribution in [0.2, 0.25) is 0 Å². The Morgan fingerprint density at radius 3 is 2.52 bits per heavy atom. The fourth-order valence-electron chi connectivity index (χ4n) is 1.83. The van der Waals surface area contributed by atoms with Gasteiger partial charge in [-0.05, 0) is 40.2 Å². The van der Waals surface area contributed by atoms with Crippen molar-refractivity contribution in [1.29, 1.82) is 5.26 Å². The van der Waals surface area contributed by atoms with Crippen molar-refractivity contribution in [2.45, 2.75) is 0 Å². The number of halogens is 1. The van der Waals surface area contributed by atoms with Crippen molar-refractivity contribution in [2.75, 3.05) is 5.32 Å². The number of nitrogens with one attached hydrogen (secondary N) is 1. The van der Waals surface area contributed by atoms with E-state index in [2.05, 4.69) is 21.2 Å². The van der Waals surface area contributed by atoms with Gasteiger partial charge in [0.25, 0.3) is 11.6 Å². The fourth-order valence-corrected chi connectivity index (χ4v) is 2.22. The van der Waals surface area contributed by atoms with Gasteiger partial charge < -0.3 is 5.32 Å². The molecule has 23 heavy (non-hydrogen) atoms. The molecule has 0 unspecified atom stereocenters. The molecule has 0 aliphatic rings. The Balaban J connectivity index is 2.33. The second kappa shape index (κ2) is 7.33. The van der Waals surface area contributed by atoms with Gasteiger partial charge in [0.05, 0.1) is 16.2 Å². The smallest absolute Gasteiger partial charge is 0.276 e. The van der Waals surface area contributed by atoms with E-state index in [9.17, 15) is 20.2 Å². The summed E-state index contributed by atoms with van der Waals surface area (Å²) < 4.78 is 0.663. The van der Waals surface area contributed by atoms with Crippen LogP contribution < -0.4 is 5.32 Å². The molecule has 7 heteroatoms. The maximum atomic E-state index is 12.2. The van der Waals surface area contributed by atoms with E-state index in [4.69, 9.17) is 0 Å². The van der Waals surface area contributed by atoms with Crippen LogP contribution in [0.15, 0.2) is 58.6 Å². The molecule has 0 spiro atoms. The molecule has 2 aromatic rings. The van der Waals surface area contributed by atoms with Gasteiger partial charge in [-0.2, -0.15) is 5.26 Å². The van der Waals surface area contributed by atoms with E-state index >= 15 is 0 Å². The second-order valence-corrected chi connectivity index (χ2v) is 5.27. The number of nitriles is 1. The van der Waals surface area contributed by atoms with Gasteiger partial charge >= 0.3 is 0 Å². The molecule has 1 amide bonds. The Morgan fingerprint density at radius 2 is 1.87 bits per heavy atom. The summed E-state index contributed by atoms with van der Waals surface area (Å²) in [6.07, 6.45) is 1.20. The molecule has 0 aliphatic carbocycles. The van der Waals surface area contributed by atoms with E-state index in [1.165, 1.54) is 24.3 Å². The summed E-state index contributed by atoms with van der Waals surface area (Å²) >= 11 is 3.29. The molecule has 0 aliphatic heterocycles. The largest absolute Gasteiger partial charge is 0.320 e. The highest BCUT2D eigenvalue weighted by atomic mass is 79.9. The molecule has 0 aromatic heterocycles. The summed E-state index contributed by atoms with van der Waals surface area (Å²) in [5.74, 6) is -0.641. The van der Waals surface area contributed by atoms with E-state index in [-0.39, 0.29) is 16.8 Å². The number of nitro benzene ring substituents is 1.